The number of nitrogens with zero attached hydrogens (tertiary/aromatic N) is 3. The van der Waals surface area contributed by atoms with Crippen LogP contribution in [0, 0.1) is 0 Å². The zero-order valence-corrected chi connectivity index (χ0v) is 66.8. The summed E-state index contributed by atoms with van der Waals surface area (Å²) in [6.45, 7) is 42.4. The van der Waals surface area contributed by atoms with E-state index < -0.39 is 40.3 Å². The van der Waals surface area contributed by atoms with Crippen molar-refractivity contribution in [1.82, 2.24) is 0 Å². The molecule has 584 valence electrons. The summed E-state index contributed by atoms with van der Waals surface area (Å²) in [5.74, 6) is -5.19. The van der Waals surface area contributed by atoms with Gasteiger partial charge >= 0.3 is 0 Å². The van der Waals surface area contributed by atoms with Crippen LogP contribution in [0.4, 0.5) is 11.4 Å². The third-order valence-electron chi connectivity index (χ3n) is 19.2. The lowest BCUT2D eigenvalue weighted by Gasteiger charge is -2.32. The number of para-hydroxylation sites is 1. The van der Waals surface area contributed by atoms with Gasteiger partial charge in [0.15, 0.2) is 18.0 Å². The molecule has 0 saturated heterocycles. The molecular formula is C89H126N6O12. The Morgan fingerprint density at radius 3 is 1.05 bits per heavy atom. The van der Waals surface area contributed by atoms with Crippen LogP contribution in [0.15, 0.2) is 196 Å². The average Bonchev–Trinajstić information content (AvgIpc) is 0.748. The predicted octanol–water partition coefficient (Wildman–Crippen LogP) is 7.87. The van der Waals surface area contributed by atoms with E-state index >= 15 is 0 Å². The summed E-state index contributed by atoms with van der Waals surface area (Å²) < 4.78 is 2.22. The number of nitrogens with one attached hydrogen (secondary N) is 3. The van der Waals surface area contributed by atoms with Gasteiger partial charge in [-0.05, 0) is 220 Å². The molecule has 0 fully saturated rings. The van der Waals surface area contributed by atoms with E-state index in [4.69, 9.17) is 10.2 Å². The summed E-state index contributed by atoms with van der Waals surface area (Å²) in [5, 5.41) is 61.8. The number of allylic oxidation sites excluding steroid dienone is 7. The van der Waals surface area contributed by atoms with Gasteiger partial charge in [-0.15, -0.1) is 0 Å². The lowest BCUT2D eigenvalue weighted by molar-refractivity contribution is -0.940. The molecule has 0 aromatic heterocycles. The number of benzene rings is 5. The first-order valence-electron chi connectivity index (χ1n) is 38.8. The van der Waals surface area contributed by atoms with Crippen molar-refractivity contribution in [1.29, 1.82) is 0 Å². The number of carbonyl (C=O) groups is 4. The summed E-state index contributed by atoms with van der Waals surface area (Å²) in [4.78, 5) is 74.9. The largest absolute Gasteiger partial charge is 0.871 e. The van der Waals surface area contributed by atoms with E-state index in [9.17, 15) is 49.2 Å². The van der Waals surface area contributed by atoms with Crippen molar-refractivity contribution in [2.45, 2.75) is 237 Å². The van der Waals surface area contributed by atoms with Gasteiger partial charge in [-0.1, -0.05) is 140 Å². The number of aliphatic carboxylic acids is 3. The molecule has 5 N–H and O–H groups in total. The van der Waals surface area contributed by atoms with Gasteiger partial charge in [-0.3, -0.25) is 14.4 Å². The van der Waals surface area contributed by atoms with Gasteiger partial charge in [0.05, 0.1) is 55.9 Å². The van der Waals surface area contributed by atoms with E-state index in [-0.39, 0.29) is 42.0 Å². The lowest BCUT2D eigenvalue weighted by Crippen LogP contribution is -3.17. The molecule has 0 saturated carbocycles. The van der Waals surface area contributed by atoms with Gasteiger partial charge in [0.25, 0.3) is 10.9 Å². The number of anilines is 2. The summed E-state index contributed by atoms with van der Waals surface area (Å²) in [6, 6.07) is 53.1. The van der Waals surface area contributed by atoms with Gasteiger partial charge in [0.2, 0.25) is 11.5 Å². The fourth-order valence-electron chi connectivity index (χ4n) is 13.6. The zero-order valence-electron chi connectivity index (χ0n) is 66.8. The molecule has 0 unspecified atom stereocenters. The second-order valence-corrected chi connectivity index (χ2v) is 29.2. The first-order chi connectivity index (χ1) is 51.0. The van der Waals surface area contributed by atoms with Crippen LogP contribution in [0.1, 0.15) is 203 Å². The van der Waals surface area contributed by atoms with Crippen LogP contribution >= 0.6 is 0 Å². The molecule has 18 nitrogen and oxygen atoms in total. The van der Waals surface area contributed by atoms with E-state index in [0.29, 0.717) is 43.5 Å². The van der Waals surface area contributed by atoms with Crippen molar-refractivity contribution in [3.63, 3.8) is 0 Å². The van der Waals surface area contributed by atoms with E-state index in [1.54, 1.807) is 14.7 Å². The van der Waals surface area contributed by atoms with Crippen molar-refractivity contribution in [3.8, 4) is 11.5 Å². The van der Waals surface area contributed by atoms with Gasteiger partial charge in [0, 0.05) is 90.7 Å². The molecule has 6 aromatic rings. The molecule has 0 radical (unpaired) electrons. The SMILES string of the molecule is CC[NH+](C(C)C)C(C)C.CC[NH+](C(C)C)C(C)C.CC[NH+](C(C)C)C(C)C.O=C([O-])CCCCCN(Cc1ccccc1)c1ccc(C2=C([O-])C(=C3C=CC(=[N+](CCCCCC(=O)[O-])Cc4ccccc4)C=C3)C2=O)cc1.O=C([O-])CCCCCN(Cc1ccccc1)c1ccccc1.O=c1c(O)c(O)c1=O. The van der Waals surface area contributed by atoms with E-state index in [2.05, 4.69) is 179 Å². The maximum Gasteiger partial charge on any atom is 0.275 e. The smallest absolute Gasteiger partial charge is 0.275 e. The Hall–Kier alpha value is -9.23. The number of quaternary nitrogens is 3. The Kier molecular flexibility index (Phi) is 43.3. The van der Waals surface area contributed by atoms with Gasteiger partial charge < -0.3 is 69.5 Å². The Labute approximate surface area is 639 Å². The Morgan fingerprint density at radius 2 is 0.738 bits per heavy atom. The molecule has 0 amide bonds. The van der Waals surface area contributed by atoms with Crippen molar-refractivity contribution >= 4 is 46.4 Å². The van der Waals surface area contributed by atoms with Crippen LogP contribution in [0.3, 0.4) is 0 Å². The minimum absolute atomic E-state index is 0.0554. The van der Waals surface area contributed by atoms with Crippen LogP contribution in [-0.2, 0) is 38.8 Å². The second-order valence-electron chi connectivity index (χ2n) is 29.2. The van der Waals surface area contributed by atoms with Crippen molar-refractivity contribution < 1.29 is 69.1 Å². The lowest BCUT2D eigenvalue weighted by atomic mass is 9.80. The van der Waals surface area contributed by atoms with Crippen LogP contribution in [0.25, 0.3) is 5.57 Å². The molecule has 0 bridgehead atoms. The molecule has 0 aliphatic heterocycles. The second kappa shape index (κ2) is 50.4. The van der Waals surface area contributed by atoms with Gasteiger partial charge in [-0.25, -0.2) is 4.58 Å². The molecule has 6 aromatic carbocycles. The third-order valence-corrected chi connectivity index (χ3v) is 19.2. The number of Topliss-reactive ketones (excluding diaryl/α,β-unsaturated/α-hetero) is 1. The number of unbranched alkanes of at least 4 members (excludes halogenated alkanes) is 6. The maximum atomic E-state index is 13.4. The standard InChI is InChI=1S/C42H44N2O6.C19H23NO2.3C8H19N.C4H2O4/c45-37(46)17-9-3-11-27-43(29-31-13-5-1-6-14-31)35-23-19-33(20-24-35)39-41(49)40(42(39)50)34-21-25-36(26-22-34)44(28-12-4-10-18-38(47)48)30-32-15-7-2-8-16-32;21-19(22)14-8-3-9-15-20(18-12-6-2-7-13-18)16-17-10-4-1-5-11-17;3*1-6-9(7(2)3)8(4)5;5-1-2(6)4(8)3(1)7/h1-2,5-8,13-16,19-26H,3-4,9-12,17-18,27-30H2,(H2-,45,46,47,48,49,50);1-2,4-7,10-13H,3,8-9,14-16H2,(H,21,22);3*7-8H,6H2,1-5H3;5-6H. The first kappa shape index (κ1) is 92.0. The predicted molar refractivity (Wildman–Crippen MR) is 426 cm³/mol. The van der Waals surface area contributed by atoms with E-state index in [1.807, 2.05) is 109 Å². The maximum absolute atomic E-state index is 13.4. The summed E-state index contributed by atoms with van der Waals surface area (Å²) in [7, 11) is 0. The van der Waals surface area contributed by atoms with E-state index in [0.717, 1.165) is 123 Å². The molecule has 0 spiro atoms. The van der Waals surface area contributed by atoms with Gasteiger partial charge in [0.1, 0.15) is 6.54 Å². The van der Waals surface area contributed by atoms with Crippen LogP contribution in [0.2, 0.25) is 0 Å². The monoisotopic (exact) mass is 1470 g/mol. The summed E-state index contributed by atoms with van der Waals surface area (Å²) in [6.07, 6.45) is 14.7. The Morgan fingerprint density at radius 1 is 0.411 bits per heavy atom. The molecule has 0 atom stereocenters. The number of aromatic hydroxyl groups is 2. The van der Waals surface area contributed by atoms with Crippen LogP contribution in [-0.4, -0.2) is 120 Å². The van der Waals surface area contributed by atoms with Crippen molar-refractivity contribution in [2.75, 3.05) is 49.1 Å². The number of hydrogen-bond acceptors (Lipinski definition) is 14. The van der Waals surface area contributed by atoms with Crippen LogP contribution in [0.5, 0.6) is 11.5 Å². The highest BCUT2D eigenvalue weighted by molar-refractivity contribution is 6.39. The number of ketones is 1. The molecule has 107 heavy (non-hydrogen) atoms. The highest BCUT2D eigenvalue weighted by Gasteiger charge is 2.31. The fourth-order valence-corrected chi connectivity index (χ4v) is 13.6. The fraction of sp³-hybridized carbons (Fsp3) is 0.472. The number of hydrogen-bond donors (Lipinski definition) is 5. The zero-order chi connectivity index (χ0) is 79.5. The highest BCUT2D eigenvalue weighted by atomic mass is 16.4. The number of carboxylic acid groups (broad SMARTS) is 3. The highest BCUT2D eigenvalue weighted by Crippen LogP contribution is 2.38. The summed E-state index contributed by atoms with van der Waals surface area (Å²) >= 11 is 0. The molecular weight excluding hydrogens is 1350 g/mol. The minimum atomic E-state index is -1.03. The summed E-state index contributed by atoms with van der Waals surface area (Å²) in [5.41, 5.74) is 6.21. The molecule has 0 heterocycles. The number of rotatable bonds is 36. The molecule has 2 aliphatic carbocycles. The van der Waals surface area contributed by atoms with Gasteiger partial charge in [-0.2, -0.15) is 0 Å². The topological polar surface area (TPSA) is 258 Å². The minimum Gasteiger partial charge on any atom is -0.871 e. The van der Waals surface area contributed by atoms with Crippen LogP contribution < -0.4 is 55.8 Å². The first-order valence-corrected chi connectivity index (χ1v) is 38.8. The van der Waals surface area contributed by atoms with Crippen molar-refractivity contribution in [3.05, 3.63) is 230 Å². The Bertz CT molecular complexity index is 3680. The third kappa shape index (κ3) is 33.6. The normalized spacial score (nSPS) is 12.4. The van der Waals surface area contributed by atoms with Crippen molar-refractivity contribution in [2.24, 2.45) is 0 Å². The number of carboxylic acids is 3. The Balaban J connectivity index is 0.000000421. The quantitative estimate of drug-likeness (QED) is 0.0109. The molecule has 2 aliphatic rings. The molecule has 18 heteroatoms. The average molecular weight is 1470 g/mol. The molecule has 8 rings (SSSR count). The van der Waals surface area contributed by atoms with E-state index in [1.165, 1.54) is 30.9 Å². The number of carbonyl (C=O) groups excluding carboxylic acids is 4.